The predicted octanol–water partition coefficient (Wildman–Crippen LogP) is 8.53. The van der Waals surface area contributed by atoms with Crippen molar-refractivity contribution in [2.45, 2.75) is 73.0 Å². The Morgan fingerprint density at radius 3 is 1.61 bits per heavy atom. The standard InChI is InChI=1S/C27H33S.C7H6O3/c1-2-3-4-5-6-7-10-15-24-20-22-27(23-21-24)28(25-16-11-8-12-17-25)26-18-13-9-14-19-26;8-6-4-2-1-3-5(6)7(9)10/h8-9,11-14,16-23H,2-7,10,15H2,1H3;1-4,8H,(H,9,10)/q+1;/p-1. The smallest absolute Gasteiger partial charge is 0.335 e. The second kappa shape index (κ2) is 16.4. The number of benzene rings is 4. The van der Waals surface area contributed by atoms with Crippen molar-refractivity contribution >= 4 is 16.9 Å². The number of carbonyl (C=O) groups is 1. The lowest BCUT2D eigenvalue weighted by Gasteiger charge is -2.09. The molecule has 0 aromatic heterocycles. The first kappa shape index (κ1) is 29.1. The highest BCUT2D eigenvalue weighted by atomic mass is 32.2. The highest BCUT2D eigenvalue weighted by Crippen LogP contribution is 2.31. The van der Waals surface area contributed by atoms with Crippen LogP contribution in [-0.2, 0) is 17.3 Å². The van der Waals surface area contributed by atoms with E-state index in [2.05, 4.69) is 91.9 Å². The third-order valence-electron chi connectivity index (χ3n) is 6.30. The molecule has 0 atom stereocenters. The third-order valence-corrected chi connectivity index (χ3v) is 8.53. The van der Waals surface area contributed by atoms with E-state index in [0.717, 1.165) is 0 Å². The van der Waals surface area contributed by atoms with E-state index in [4.69, 9.17) is 5.11 Å². The quantitative estimate of drug-likeness (QED) is 0.149. The first-order valence-electron chi connectivity index (χ1n) is 13.5. The topological polar surface area (TPSA) is 60.4 Å². The van der Waals surface area contributed by atoms with Crippen LogP contribution in [0.4, 0.5) is 0 Å². The Labute approximate surface area is 230 Å². The van der Waals surface area contributed by atoms with Crippen LogP contribution in [0.5, 0.6) is 5.75 Å². The number of hydrogen-bond acceptors (Lipinski definition) is 2. The molecule has 0 saturated carbocycles. The van der Waals surface area contributed by atoms with Crippen LogP contribution in [0.1, 0.15) is 67.8 Å². The molecule has 0 amide bonds. The lowest BCUT2D eigenvalue weighted by atomic mass is 10.0. The van der Waals surface area contributed by atoms with Crippen molar-refractivity contribution in [2.24, 2.45) is 0 Å². The zero-order valence-corrected chi connectivity index (χ0v) is 23.0. The highest BCUT2D eigenvalue weighted by Gasteiger charge is 2.27. The maximum atomic E-state index is 10.7. The van der Waals surface area contributed by atoms with Crippen molar-refractivity contribution in [3.8, 4) is 5.75 Å². The Morgan fingerprint density at radius 1 is 0.632 bits per heavy atom. The molecular formula is C34H38O3S. The maximum Gasteiger partial charge on any atom is 0.335 e. The fraction of sp³-hybridized carbons (Fsp3) is 0.265. The molecule has 0 aliphatic heterocycles. The molecule has 38 heavy (non-hydrogen) atoms. The Morgan fingerprint density at radius 2 is 1.11 bits per heavy atom. The van der Waals surface area contributed by atoms with Gasteiger partial charge in [-0.25, -0.2) is 4.79 Å². The van der Waals surface area contributed by atoms with Crippen LogP contribution in [0, 0.1) is 0 Å². The van der Waals surface area contributed by atoms with E-state index < -0.39 is 11.7 Å². The lowest BCUT2D eigenvalue weighted by molar-refractivity contribution is -0.268. The number of hydrogen-bond donors (Lipinski definition) is 1. The summed E-state index contributed by atoms with van der Waals surface area (Å²) in [7, 11) is -0.0351. The fourth-order valence-electron chi connectivity index (χ4n) is 4.24. The molecule has 4 rings (SSSR count). The van der Waals surface area contributed by atoms with Gasteiger partial charge in [-0.3, -0.25) is 0 Å². The van der Waals surface area contributed by atoms with Gasteiger partial charge < -0.3 is 10.2 Å². The number of unbranched alkanes of at least 4 members (excludes halogenated alkanes) is 6. The van der Waals surface area contributed by atoms with Crippen molar-refractivity contribution in [1.29, 1.82) is 0 Å². The van der Waals surface area contributed by atoms with E-state index in [1.165, 1.54) is 95.9 Å². The first-order chi connectivity index (χ1) is 18.6. The molecule has 1 N–H and O–H groups in total. The Bertz CT molecular complexity index is 1170. The van der Waals surface area contributed by atoms with E-state index >= 15 is 0 Å². The van der Waals surface area contributed by atoms with Crippen molar-refractivity contribution in [3.63, 3.8) is 0 Å². The molecule has 4 aromatic carbocycles. The van der Waals surface area contributed by atoms with Gasteiger partial charge in [0, 0.05) is 0 Å². The molecule has 0 bridgehead atoms. The molecule has 0 unspecified atom stereocenters. The molecule has 0 heterocycles. The van der Waals surface area contributed by atoms with Gasteiger partial charge >= 0.3 is 5.97 Å². The van der Waals surface area contributed by atoms with E-state index in [1.807, 2.05) is 0 Å². The Hall–Kier alpha value is -3.50. The van der Waals surface area contributed by atoms with Gasteiger partial charge in [-0.05, 0) is 60.9 Å². The van der Waals surface area contributed by atoms with Gasteiger partial charge in [0.1, 0.15) is 0 Å². The molecule has 0 aliphatic rings. The minimum atomic E-state index is -1.18. The number of aryl methyl sites for hydroxylation is 1. The fourth-order valence-corrected chi connectivity index (χ4v) is 6.33. The summed E-state index contributed by atoms with van der Waals surface area (Å²) in [5, 5.41) is 19.0. The minimum absolute atomic E-state index is 0.0351. The monoisotopic (exact) mass is 526 g/mol. The number of carboxylic acids is 1. The second-order valence-electron chi connectivity index (χ2n) is 9.25. The molecule has 0 fully saturated rings. The summed E-state index contributed by atoms with van der Waals surface area (Å²) in [5.74, 6) is -1.62. The van der Waals surface area contributed by atoms with E-state index in [0.29, 0.717) is 0 Å². The molecule has 198 valence electrons. The highest BCUT2D eigenvalue weighted by molar-refractivity contribution is 7.97. The van der Waals surface area contributed by atoms with Crippen molar-refractivity contribution in [1.82, 2.24) is 0 Å². The van der Waals surface area contributed by atoms with Crippen LogP contribution in [0.25, 0.3) is 0 Å². The van der Waals surface area contributed by atoms with Crippen molar-refractivity contribution in [2.75, 3.05) is 0 Å². The van der Waals surface area contributed by atoms with Gasteiger partial charge in [-0.1, -0.05) is 118 Å². The van der Waals surface area contributed by atoms with E-state index in [9.17, 15) is 9.90 Å². The number of para-hydroxylation sites is 1. The average Bonchev–Trinajstić information content (AvgIpc) is 2.95. The maximum absolute atomic E-state index is 10.7. The summed E-state index contributed by atoms with van der Waals surface area (Å²) >= 11 is 0. The normalized spacial score (nSPS) is 10.6. The molecular weight excluding hydrogens is 488 g/mol. The summed E-state index contributed by atoms with van der Waals surface area (Å²) in [5.41, 5.74) is 1.30. The van der Waals surface area contributed by atoms with Gasteiger partial charge in [0.05, 0.1) is 16.5 Å². The number of carboxylic acid groups (broad SMARTS) is 1. The molecule has 0 aliphatic carbocycles. The molecule has 3 nitrogen and oxygen atoms in total. The second-order valence-corrected chi connectivity index (χ2v) is 11.3. The van der Waals surface area contributed by atoms with Gasteiger partial charge in [0.2, 0.25) is 0 Å². The molecule has 4 heteroatoms. The molecule has 0 spiro atoms. The van der Waals surface area contributed by atoms with Gasteiger partial charge in [-0.2, -0.15) is 0 Å². The van der Waals surface area contributed by atoms with Crippen molar-refractivity contribution in [3.05, 3.63) is 120 Å². The SMILES string of the molecule is CCCCCCCCCc1ccc([S+](c2ccccc2)c2ccccc2)cc1.O=C(O)c1ccccc1[O-]. The molecule has 0 radical (unpaired) electrons. The largest absolute Gasteiger partial charge is 0.872 e. The van der Waals surface area contributed by atoms with Gasteiger partial charge in [0.15, 0.2) is 14.7 Å². The molecule has 4 aromatic rings. The zero-order chi connectivity index (χ0) is 27.0. The summed E-state index contributed by atoms with van der Waals surface area (Å²) in [6.07, 6.45) is 10.8. The Balaban J connectivity index is 0.000000336. The van der Waals surface area contributed by atoms with Crippen LogP contribution < -0.4 is 5.11 Å². The van der Waals surface area contributed by atoms with E-state index in [-0.39, 0.29) is 16.5 Å². The van der Waals surface area contributed by atoms with Gasteiger partial charge in [0.25, 0.3) is 0 Å². The van der Waals surface area contributed by atoms with Crippen LogP contribution in [-0.4, -0.2) is 11.1 Å². The number of rotatable bonds is 12. The van der Waals surface area contributed by atoms with Gasteiger partial charge in [-0.15, -0.1) is 0 Å². The van der Waals surface area contributed by atoms with Crippen LogP contribution in [0.15, 0.2) is 124 Å². The lowest BCUT2D eigenvalue weighted by Crippen LogP contribution is -2.04. The van der Waals surface area contributed by atoms with E-state index in [1.54, 1.807) is 0 Å². The summed E-state index contributed by atoms with van der Waals surface area (Å²) in [6.45, 7) is 2.28. The van der Waals surface area contributed by atoms with Crippen LogP contribution in [0.2, 0.25) is 0 Å². The first-order valence-corrected chi connectivity index (χ1v) is 14.7. The summed E-state index contributed by atoms with van der Waals surface area (Å²) < 4.78 is 0. The predicted molar refractivity (Wildman–Crippen MR) is 156 cm³/mol. The van der Waals surface area contributed by atoms with Crippen LogP contribution in [0.3, 0.4) is 0 Å². The summed E-state index contributed by atoms with van der Waals surface area (Å²) in [6, 6.07) is 36.7. The average molecular weight is 527 g/mol. The minimum Gasteiger partial charge on any atom is -0.872 e. The Kier molecular flexibility index (Phi) is 12.5. The van der Waals surface area contributed by atoms with Crippen LogP contribution >= 0.6 is 0 Å². The molecule has 0 saturated heterocycles. The number of aromatic carboxylic acids is 1. The van der Waals surface area contributed by atoms with Crippen molar-refractivity contribution < 1.29 is 15.0 Å². The zero-order valence-electron chi connectivity index (χ0n) is 22.2. The third kappa shape index (κ3) is 9.42. The summed E-state index contributed by atoms with van der Waals surface area (Å²) in [4.78, 5) is 14.4.